The topological polar surface area (TPSA) is 96.8 Å². The fourth-order valence-corrected chi connectivity index (χ4v) is 3.21. The number of benzene rings is 2. The number of aryl methyl sites for hydroxylation is 1. The molecule has 7 heteroatoms. The van der Waals surface area contributed by atoms with E-state index in [1.54, 1.807) is 43.3 Å². The SMILES string of the molecule is Cc1c(C)c2ccc(NC(=O)Cn3cnc4ccccc4c3=O)cc2[nH]c1=O. The quantitative estimate of drug-likeness (QED) is 0.576. The highest BCUT2D eigenvalue weighted by Crippen LogP contribution is 2.21. The molecule has 2 heterocycles. The van der Waals surface area contributed by atoms with Crippen molar-refractivity contribution in [2.75, 3.05) is 5.32 Å². The number of para-hydroxylation sites is 1. The number of aromatic amines is 1. The number of fused-ring (bicyclic) bond motifs is 2. The highest BCUT2D eigenvalue weighted by Gasteiger charge is 2.10. The summed E-state index contributed by atoms with van der Waals surface area (Å²) >= 11 is 0. The standard InChI is InChI=1S/C21H18N4O3/c1-12-13(2)20(27)24-18-9-14(7-8-15(12)18)23-19(26)10-25-11-22-17-6-4-3-5-16(17)21(25)28/h3-9,11H,10H2,1-2H3,(H,23,26)(H,24,27). The molecule has 0 bridgehead atoms. The predicted molar refractivity (Wildman–Crippen MR) is 109 cm³/mol. The third kappa shape index (κ3) is 3.07. The second-order valence-electron chi connectivity index (χ2n) is 6.71. The molecule has 0 spiro atoms. The summed E-state index contributed by atoms with van der Waals surface area (Å²) < 4.78 is 1.27. The van der Waals surface area contributed by atoms with Crippen LogP contribution >= 0.6 is 0 Å². The normalized spacial score (nSPS) is 11.1. The zero-order valence-electron chi connectivity index (χ0n) is 15.4. The lowest BCUT2D eigenvalue weighted by atomic mass is 10.1. The minimum Gasteiger partial charge on any atom is -0.324 e. The number of carbonyl (C=O) groups is 1. The van der Waals surface area contributed by atoms with Gasteiger partial charge in [-0.05, 0) is 43.7 Å². The van der Waals surface area contributed by atoms with Crippen LogP contribution in [0.25, 0.3) is 21.8 Å². The number of H-pyrrole nitrogens is 1. The van der Waals surface area contributed by atoms with Crippen molar-refractivity contribution < 1.29 is 4.79 Å². The number of carbonyl (C=O) groups excluding carboxylic acids is 1. The first-order valence-corrected chi connectivity index (χ1v) is 8.81. The number of hydrogen-bond acceptors (Lipinski definition) is 4. The van der Waals surface area contributed by atoms with Gasteiger partial charge in [0.25, 0.3) is 11.1 Å². The zero-order valence-corrected chi connectivity index (χ0v) is 15.4. The van der Waals surface area contributed by atoms with E-state index in [0.717, 1.165) is 10.9 Å². The summed E-state index contributed by atoms with van der Waals surface area (Å²) in [4.78, 5) is 43.9. The van der Waals surface area contributed by atoms with Gasteiger partial charge in [0.05, 0.1) is 22.7 Å². The average Bonchev–Trinajstić information content (AvgIpc) is 2.68. The van der Waals surface area contributed by atoms with Crippen LogP contribution in [0.2, 0.25) is 0 Å². The summed E-state index contributed by atoms with van der Waals surface area (Å²) in [6.45, 7) is 3.51. The number of amides is 1. The Morgan fingerprint density at radius 1 is 1.07 bits per heavy atom. The maximum Gasteiger partial charge on any atom is 0.261 e. The lowest BCUT2D eigenvalue weighted by Gasteiger charge is -2.10. The second kappa shape index (κ2) is 6.77. The van der Waals surface area contributed by atoms with E-state index in [1.165, 1.54) is 10.9 Å². The first-order chi connectivity index (χ1) is 13.4. The van der Waals surface area contributed by atoms with Gasteiger partial charge in [-0.2, -0.15) is 0 Å². The summed E-state index contributed by atoms with van der Waals surface area (Å²) in [6, 6.07) is 12.3. The first-order valence-electron chi connectivity index (χ1n) is 8.81. The molecule has 2 N–H and O–H groups in total. The minimum absolute atomic E-state index is 0.151. The van der Waals surface area contributed by atoms with E-state index >= 15 is 0 Å². The third-order valence-electron chi connectivity index (χ3n) is 4.90. The van der Waals surface area contributed by atoms with Crippen LogP contribution in [-0.2, 0) is 11.3 Å². The zero-order chi connectivity index (χ0) is 19.8. The van der Waals surface area contributed by atoms with Crippen LogP contribution in [0.4, 0.5) is 5.69 Å². The number of nitrogens with zero attached hydrogens (tertiary/aromatic N) is 2. The molecule has 140 valence electrons. The van der Waals surface area contributed by atoms with E-state index in [1.807, 2.05) is 13.0 Å². The number of nitrogens with one attached hydrogen (secondary N) is 2. The van der Waals surface area contributed by atoms with Crippen molar-refractivity contribution in [2.24, 2.45) is 0 Å². The number of rotatable bonds is 3. The molecule has 4 aromatic rings. The number of aromatic nitrogens is 3. The predicted octanol–water partition coefficient (Wildman–Crippen LogP) is 2.49. The molecule has 7 nitrogen and oxygen atoms in total. The summed E-state index contributed by atoms with van der Waals surface area (Å²) in [7, 11) is 0. The third-order valence-corrected chi connectivity index (χ3v) is 4.90. The van der Waals surface area contributed by atoms with Crippen LogP contribution in [0.1, 0.15) is 11.1 Å². The minimum atomic E-state index is -0.357. The second-order valence-corrected chi connectivity index (χ2v) is 6.71. The fraction of sp³-hybridized carbons (Fsp3) is 0.143. The molecule has 1 amide bonds. The molecule has 0 saturated carbocycles. The van der Waals surface area contributed by atoms with Crippen LogP contribution < -0.4 is 16.4 Å². The van der Waals surface area contributed by atoms with E-state index in [2.05, 4.69) is 15.3 Å². The van der Waals surface area contributed by atoms with E-state index in [0.29, 0.717) is 27.7 Å². The number of pyridine rings is 1. The Morgan fingerprint density at radius 3 is 2.68 bits per heavy atom. The van der Waals surface area contributed by atoms with Crippen LogP contribution in [-0.4, -0.2) is 20.4 Å². The van der Waals surface area contributed by atoms with Crippen molar-refractivity contribution in [3.8, 4) is 0 Å². The van der Waals surface area contributed by atoms with Crippen LogP contribution in [0.5, 0.6) is 0 Å². The molecule has 0 fully saturated rings. The van der Waals surface area contributed by atoms with Crippen LogP contribution in [0.3, 0.4) is 0 Å². The molecule has 28 heavy (non-hydrogen) atoms. The Hall–Kier alpha value is -3.74. The van der Waals surface area contributed by atoms with Gasteiger partial charge >= 0.3 is 0 Å². The van der Waals surface area contributed by atoms with Gasteiger partial charge < -0.3 is 10.3 Å². The molecule has 0 saturated heterocycles. The van der Waals surface area contributed by atoms with Crippen molar-refractivity contribution in [1.82, 2.24) is 14.5 Å². The molecule has 2 aromatic carbocycles. The smallest absolute Gasteiger partial charge is 0.261 e. The van der Waals surface area contributed by atoms with Crippen molar-refractivity contribution in [3.63, 3.8) is 0 Å². The monoisotopic (exact) mass is 374 g/mol. The molecule has 0 unspecified atom stereocenters. The first kappa shape index (κ1) is 17.7. The van der Waals surface area contributed by atoms with E-state index in [-0.39, 0.29) is 23.6 Å². The average molecular weight is 374 g/mol. The Morgan fingerprint density at radius 2 is 1.86 bits per heavy atom. The number of anilines is 1. The molecule has 2 aromatic heterocycles. The van der Waals surface area contributed by atoms with Gasteiger partial charge in [0.2, 0.25) is 5.91 Å². The van der Waals surface area contributed by atoms with E-state index in [9.17, 15) is 14.4 Å². The maximum atomic E-state index is 12.5. The maximum absolute atomic E-state index is 12.5. The van der Waals surface area contributed by atoms with Gasteiger partial charge in [-0.1, -0.05) is 18.2 Å². The summed E-state index contributed by atoms with van der Waals surface area (Å²) in [5, 5.41) is 4.15. The van der Waals surface area contributed by atoms with Gasteiger partial charge in [0.1, 0.15) is 6.54 Å². The Bertz CT molecular complexity index is 1350. The molecule has 0 aliphatic rings. The van der Waals surface area contributed by atoms with E-state index in [4.69, 9.17) is 0 Å². The van der Waals surface area contributed by atoms with Crippen LogP contribution in [0, 0.1) is 13.8 Å². The van der Waals surface area contributed by atoms with E-state index < -0.39 is 0 Å². The van der Waals surface area contributed by atoms with Gasteiger partial charge in [-0.25, -0.2) is 4.98 Å². The highest BCUT2D eigenvalue weighted by molar-refractivity contribution is 5.94. The summed E-state index contributed by atoms with van der Waals surface area (Å²) in [6.07, 6.45) is 1.37. The van der Waals surface area contributed by atoms with Gasteiger partial charge in [-0.15, -0.1) is 0 Å². The van der Waals surface area contributed by atoms with Crippen molar-refractivity contribution >= 4 is 33.4 Å². The lowest BCUT2D eigenvalue weighted by Crippen LogP contribution is -2.27. The fourth-order valence-electron chi connectivity index (χ4n) is 3.21. The summed E-state index contributed by atoms with van der Waals surface area (Å²) in [5.41, 5.74) is 2.94. The van der Waals surface area contributed by atoms with Crippen molar-refractivity contribution in [3.05, 3.63) is 80.6 Å². The van der Waals surface area contributed by atoms with Gasteiger partial charge in [0.15, 0.2) is 0 Å². The highest BCUT2D eigenvalue weighted by atomic mass is 16.2. The Balaban J connectivity index is 1.60. The molecule has 4 rings (SSSR count). The molecular formula is C21H18N4O3. The summed E-state index contributed by atoms with van der Waals surface area (Å²) in [5.74, 6) is -0.357. The van der Waals surface area contributed by atoms with Crippen LogP contribution in [0.15, 0.2) is 58.4 Å². The lowest BCUT2D eigenvalue weighted by molar-refractivity contribution is -0.116. The van der Waals surface area contributed by atoms with Crippen molar-refractivity contribution in [1.29, 1.82) is 0 Å². The molecule has 0 aliphatic heterocycles. The van der Waals surface area contributed by atoms with Gasteiger partial charge in [0, 0.05) is 16.6 Å². The Kier molecular flexibility index (Phi) is 4.27. The van der Waals surface area contributed by atoms with Crippen molar-refractivity contribution in [2.45, 2.75) is 20.4 Å². The van der Waals surface area contributed by atoms with Gasteiger partial charge in [-0.3, -0.25) is 19.0 Å². The molecular weight excluding hydrogens is 356 g/mol. The largest absolute Gasteiger partial charge is 0.324 e. The molecule has 0 radical (unpaired) electrons. The Labute approximate surface area is 159 Å². The molecule has 0 aliphatic carbocycles. The number of hydrogen-bond donors (Lipinski definition) is 2. The molecule has 0 atom stereocenters.